The number of nitrogens with one attached hydrogen (secondary N) is 1. The van der Waals surface area contributed by atoms with E-state index in [0.717, 1.165) is 6.54 Å². The lowest BCUT2D eigenvalue weighted by molar-refractivity contribution is 0.102. The summed E-state index contributed by atoms with van der Waals surface area (Å²) in [5.41, 5.74) is 6.44. The maximum atomic E-state index is 11.9. The molecule has 0 aliphatic carbocycles. The van der Waals surface area contributed by atoms with Gasteiger partial charge in [0.1, 0.15) is 5.82 Å². The van der Waals surface area contributed by atoms with Crippen LogP contribution in [0.4, 0.5) is 11.5 Å². The number of nitrogens with two attached hydrogens (primary N) is 1. The molecule has 0 spiro atoms. The number of amides is 1. The molecule has 2 aromatic rings. The molecule has 0 radical (unpaired) electrons. The number of aryl methyl sites for hydroxylation is 1. The molecule has 2 aromatic heterocycles. The third-order valence-corrected chi connectivity index (χ3v) is 2.65. The van der Waals surface area contributed by atoms with Crippen molar-refractivity contribution in [2.75, 3.05) is 11.1 Å². The van der Waals surface area contributed by atoms with E-state index in [4.69, 9.17) is 17.3 Å². The average molecular weight is 266 g/mol. The molecule has 1 amide bonds. The van der Waals surface area contributed by atoms with Gasteiger partial charge in [0.25, 0.3) is 5.91 Å². The number of halogens is 1. The van der Waals surface area contributed by atoms with Crippen molar-refractivity contribution in [3.8, 4) is 0 Å². The summed E-state index contributed by atoms with van der Waals surface area (Å²) in [5, 5.41) is 7.01. The molecule has 0 atom stereocenters. The van der Waals surface area contributed by atoms with Crippen LogP contribution in [0, 0.1) is 0 Å². The average Bonchev–Trinajstić information content (AvgIpc) is 2.80. The molecule has 7 heteroatoms. The first kappa shape index (κ1) is 12.4. The van der Waals surface area contributed by atoms with E-state index in [2.05, 4.69) is 15.4 Å². The summed E-state index contributed by atoms with van der Waals surface area (Å²) in [4.78, 5) is 15.7. The predicted octanol–water partition coefficient (Wildman–Crippen LogP) is 1.79. The fourth-order valence-electron chi connectivity index (χ4n) is 1.38. The Kier molecular flexibility index (Phi) is 3.47. The SMILES string of the molecule is CCn1cc(NC(=O)c2cnc(N)c(Cl)c2)cn1. The van der Waals surface area contributed by atoms with Gasteiger partial charge < -0.3 is 11.1 Å². The summed E-state index contributed by atoms with van der Waals surface area (Å²) in [5.74, 6) is -0.105. The maximum Gasteiger partial charge on any atom is 0.257 e. The standard InChI is InChI=1S/C11H12ClN5O/c1-2-17-6-8(5-15-17)16-11(18)7-3-9(12)10(13)14-4-7/h3-6H,2H2,1H3,(H2,13,14)(H,16,18). The van der Waals surface area contributed by atoms with Gasteiger partial charge in [-0.05, 0) is 13.0 Å². The Bertz CT molecular complexity index is 581. The van der Waals surface area contributed by atoms with E-state index in [1.807, 2.05) is 6.92 Å². The largest absolute Gasteiger partial charge is 0.382 e. The number of pyridine rings is 1. The van der Waals surface area contributed by atoms with Gasteiger partial charge in [-0.2, -0.15) is 5.10 Å². The van der Waals surface area contributed by atoms with Crippen LogP contribution in [0.3, 0.4) is 0 Å². The predicted molar refractivity (Wildman–Crippen MR) is 69.5 cm³/mol. The number of hydrogen-bond acceptors (Lipinski definition) is 4. The highest BCUT2D eigenvalue weighted by atomic mass is 35.5. The van der Waals surface area contributed by atoms with Gasteiger partial charge in [-0.3, -0.25) is 9.48 Å². The molecule has 18 heavy (non-hydrogen) atoms. The van der Waals surface area contributed by atoms with Crippen LogP contribution in [0.15, 0.2) is 24.7 Å². The van der Waals surface area contributed by atoms with Crippen LogP contribution in [-0.4, -0.2) is 20.7 Å². The molecular weight excluding hydrogens is 254 g/mol. The summed E-state index contributed by atoms with van der Waals surface area (Å²) in [6.45, 7) is 2.70. The number of carbonyl (C=O) groups excluding carboxylic acids is 1. The van der Waals surface area contributed by atoms with E-state index in [0.29, 0.717) is 11.3 Å². The van der Waals surface area contributed by atoms with Gasteiger partial charge in [0.05, 0.1) is 22.5 Å². The minimum Gasteiger partial charge on any atom is -0.382 e. The highest BCUT2D eigenvalue weighted by Crippen LogP contribution is 2.17. The number of anilines is 2. The zero-order valence-electron chi connectivity index (χ0n) is 9.72. The Labute approximate surface area is 109 Å². The summed E-state index contributed by atoms with van der Waals surface area (Å²) >= 11 is 5.80. The first-order valence-corrected chi connectivity index (χ1v) is 5.72. The minimum absolute atomic E-state index is 0.201. The fourth-order valence-corrected chi connectivity index (χ4v) is 1.54. The molecular formula is C11H12ClN5O. The van der Waals surface area contributed by atoms with Crippen molar-refractivity contribution >= 4 is 29.0 Å². The van der Waals surface area contributed by atoms with Crippen molar-refractivity contribution in [1.29, 1.82) is 0 Å². The van der Waals surface area contributed by atoms with E-state index in [9.17, 15) is 4.79 Å². The summed E-state index contributed by atoms with van der Waals surface area (Å²) in [7, 11) is 0. The second kappa shape index (κ2) is 5.05. The first-order chi connectivity index (χ1) is 8.60. The molecule has 2 heterocycles. The van der Waals surface area contributed by atoms with Crippen molar-refractivity contribution in [3.05, 3.63) is 35.2 Å². The Balaban J connectivity index is 2.14. The van der Waals surface area contributed by atoms with Crippen LogP contribution >= 0.6 is 11.6 Å². The molecule has 0 fully saturated rings. The normalized spacial score (nSPS) is 10.3. The number of rotatable bonds is 3. The van der Waals surface area contributed by atoms with Gasteiger partial charge in [0, 0.05) is 18.9 Å². The van der Waals surface area contributed by atoms with Crippen molar-refractivity contribution in [3.63, 3.8) is 0 Å². The number of carbonyl (C=O) groups is 1. The molecule has 0 aromatic carbocycles. The van der Waals surface area contributed by atoms with Crippen molar-refractivity contribution in [2.45, 2.75) is 13.5 Å². The Morgan fingerprint density at radius 2 is 2.33 bits per heavy atom. The Hall–Kier alpha value is -2.08. The molecule has 94 valence electrons. The molecule has 0 unspecified atom stereocenters. The van der Waals surface area contributed by atoms with Gasteiger partial charge in [-0.1, -0.05) is 11.6 Å². The van der Waals surface area contributed by atoms with Crippen LogP contribution < -0.4 is 11.1 Å². The van der Waals surface area contributed by atoms with Crippen molar-refractivity contribution < 1.29 is 4.79 Å². The molecule has 0 aliphatic heterocycles. The van der Waals surface area contributed by atoms with E-state index in [1.165, 1.54) is 12.3 Å². The van der Waals surface area contributed by atoms with Gasteiger partial charge >= 0.3 is 0 Å². The smallest absolute Gasteiger partial charge is 0.257 e. The summed E-state index contributed by atoms with van der Waals surface area (Å²) < 4.78 is 1.71. The molecule has 6 nitrogen and oxygen atoms in total. The van der Waals surface area contributed by atoms with Crippen LogP contribution in [-0.2, 0) is 6.54 Å². The molecule has 0 aliphatic rings. The lowest BCUT2D eigenvalue weighted by atomic mass is 10.2. The quantitative estimate of drug-likeness (QED) is 0.886. The zero-order chi connectivity index (χ0) is 13.1. The lowest BCUT2D eigenvalue weighted by Crippen LogP contribution is -2.12. The second-order valence-electron chi connectivity index (χ2n) is 3.63. The second-order valence-corrected chi connectivity index (χ2v) is 4.04. The van der Waals surface area contributed by atoms with Crippen LogP contribution in [0.1, 0.15) is 17.3 Å². The highest BCUT2D eigenvalue weighted by molar-refractivity contribution is 6.33. The number of nitrogen functional groups attached to an aromatic ring is 1. The van der Waals surface area contributed by atoms with Gasteiger partial charge in [0.2, 0.25) is 0 Å². The van der Waals surface area contributed by atoms with E-state index in [1.54, 1.807) is 17.1 Å². The van der Waals surface area contributed by atoms with Crippen molar-refractivity contribution in [1.82, 2.24) is 14.8 Å². The monoisotopic (exact) mass is 265 g/mol. The molecule has 0 saturated carbocycles. The third-order valence-electron chi connectivity index (χ3n) is 2.35. The lowest BCUT2D eigenvalue weighted by Gasteiger charge is -2.03. The summed E-state index contributed by atoms with van der Waals surface area (Å²) in [6.07, 6.45) is 4.69. The molecule has 3 N–H and O–H groups in total. The molecule has 0 saturated heterocycles. The molecule has 2 rings (SSSR count). The topological polar surface area (TPSA) is 85.8 Å². The highest BCUT2D eigenvalue weighted by Gasteiger charge is 2.09. The maximum absolute atomic E-state index is 11.9. The number of hydrogen-bond donors (Lipinski definition) is 2. The van der Waals surface area contributed by atoms with Gasteiger partial charge in [-0.25, -0.2) is 4.98 Å². The van der Waals surface area contributed by atoms with Gasteiger partial charge in [-0.15, -0.1) is 0 Å². The fraction of sp³-hybridized carbons (Fsp3) is 0.182. The van der Waals surface area contributed by atoms with Crippen LogP contribution in [0.5, 0.6) is 0 Å². The Morgan fingerprint density at radius 3 is 2.94 bits per heavy atom. The third kappa shape index (κ3) is 2.60. The number of nitrogens with zero attached hydrogens (tertiary/aromatic N) is 3. The van der Waals surface area contributed by atoms with E-state index >= 15 is 0 Å². The Morgan fingerprint density at radius 1 is 1.56 bits per heavy atom. The zero-order valence-corrected chi connectivity index (χ0v) is 10.5. The van der Waals surface area contributed by atoms with Crippen molar-refractivity contribution in [2.24, 2.45) is 0 Å². The minimum atomic E-state index is -0.306. The van der Waals surface area contributed by atoms with Gasteiger partial charge in [0.15, 0.2) is 0 Å². The molecule has 0 bridgehead atoms. The number of aromatic nitrogens is 3. The van der Waals surface area contributed by atoms with E-state index in [-0.39, 0.29) is 16.7 Å². The van der Waals surface area contributed by atoms with E-state index < -0.39 is 0 Å². The van der Waals surface area contributed by atoms with Crippen LogP contribution in [0.2, 0.25) is 5.02 Å². The van der Waals surface area contributed by atoms with Crippen LogP contribution in [0.25, 0.3) is 0 Å². The summed E-state index contributed by atoms with van der Waals surface area (Å²) in [6, 6.07) is 1.48. The first-order valence-electron chi connectivity index (χ1n) is 5.35.